The highest BCUT2D eigenvalue weighted by molar-refractivity contribution is 5.84. The molecule has 0 radical (unpaired) electrons. The smallest absolute Gasteiger partial charge is 0.308 e. The number of Topliss-reactive ketones (excluding diaryl/α,β-unsaturated/α-hetero) is 1. The molecule has 49 heavy (non-hydrogen) atoms. The van der Waals surface area contributed by atoms with Gasteiger partial charge in [-0.3, -0.25) is 9.59 Å². The van der Waals surface area contributed by atoms with E-state index in [4.69, 9.17) is 19.3 Å². The fourth-order valence-corrected chi connectivity index (χ4v) is 6.08. The molecule has 294 valence electrons. The van der Waals surface area contributed by atoms with Crippen molar-refractivity contribution < 1.29 is 54.1 Å². The quantitative estimate of drug-likeness (QED) is 0.230. The van der Waals surface area contributed by atoms with Gasteiger partial charge in [-0.1, -0.05) is 48.5 Å². The Balaban J connectivity index is 0. The topological polar surface area (TPSA) is 187 Å². The maximum atomic E-state index is 12.1. The van der Waals surface area contributed by atoms with Crippen LogP contribution in [0.3, 0.4) is 0 Å². The SMILES string of the molecule is CC.CC.CC1CC(N(C)C)CC(O)O1.CC1C[C@H](C)C[C@](C)(O)C[C@@H](C)CNC(C)C(O)C(O)COC1=O.COC1CC(O)OCC1=O. The van der Waals surface area contributed by atoms with Crippen LogP contribution in [0.25, 0.3) is 0 Å². The van der Waals surface area contributed by atoms with E-state index in [1.54, 1.807) is 13.8 Å². The van der Waals surface area contributed by atoms with Crippen molar-refractivity contribution in [2.75, 3.05) is 41.0 Å². The van der Waals surface area contributed by atoms with Crippen LogP contribution in [0.5, 0.6) is 0 Å². The fraction of sp³-hybridized carbons (Fsp3) is 0.944. The van der Waals surface area contributed by atoms with E-state index in [-0.39, 0.29) is 61.3 Å². The van der Waals surface area contributed by atoms with E-state index in [0.29, 0.717) is 31.8 Å². The summed E-state index contributed by atoms with van der Waals surface area (Å²) in [5.41, 5.74) is -0.800. The van der Waals surface area contributed by atoms with Crippen LogP contribution in [0, 0.1) is 17.8 Å². The van der Waals surface area contributed by atoms with Crippen LogP contribution in [0.4, 0.5) is 0 Å². The number of esters is 1. The molecule has 0 bridgehead atoms. The molecule has 0 aromatic carbocycles. The Morgan fingerprint density at radius 1 is 0.857 bits per heavy atom. The van der Waals surface area contributed by atoms with Crippen molar-refractivity contribution in [3.05, 3.63) is 0 Å². The molecule has 3 fully saturated rings. The molecule has 0 aliphatic carbocycles. The summed E-state index contributed by atoms with van der Waals surface area (Å²) >= 11 is 0. The summed E-state index contributed by atoms with van der Waals surface area (Å²) in [7, 11) is 5.52. The summed E-state index contributed by atoms with van der Waals surface area (Å²) < 4.78 is 19.8. The highest BCUT2D eigenvalue weighted by atomic mass is 16.6. The fourth-order valence-electron chi connectivity index (χ4n) is 6.08. The van der Waals surface area contributed by atoms with E-state index in [9.17, 15) is 30.0 Å². The molecule has 0 saturated carbocycles. The number of aliphatic hydroxyl groups is 5. The molecule has 3 aliphatic heterocycles. The van der Waals surface area contributed by atoms with Gasteiger partial charge in [-0.15, -0.1) is 0 Å². The molecule has 3 aliphatic rings. The number of ketones is 1. The molecule has 12 atom stereocenters. The molecule has 6 N–H and O–H groups in total. The van der Waals surface area contributed by atoms with Gasteiger partial charge in [-0.05, 0) is 78.9 Å². The molecule has 3 heterocycles. The number of rotatable bonds is 2. The predicted octanol–water partition coefficient (Wildman–Crippen LogP) is 2.87. The summed E-state index contributed by atoms with van der Waals surface area (Å²) in [5.74, 6) is -0.385. The number of methoxy groups -OCH3 is 1. The minimum absolute atomic E-state index is 0.0420. The third kappa shape index (κ3) is 21.6. The third-order valence-corrected chi connectivity index (χ3v) is 8.50. The zero-order valence-electron chi connectivity index (χ0n) is 32.8. The normalized spacial score (nSPS) is 37.8. The first-order valence-corrected chi connectivity index (χ1v) is 18.2. The lowest BCUT2D eigenvalue weighted by Crippen LogP contribution is -2.47. The van der Waals surface area contributed by atoms with Gasteiger partial charge in [0.25, 0.3) is 0 Å². The first-order chi connectivity index (χ1) is 22.8. The Bertz CT molecular complexity index is 853. The summed E-state index contributed by atoms with van der Waals surface area (Å²) in [6.07, 6.45) is 0.0238. The number of aliphatic hydroxyl groups excluding tert-OH is 4. The maximum Gasteiger partial charge on any atom is 0.308 e. The summed E-state index contributed by atoms with van der Waals surface area (Å²) in [5, 5.41) is 52.1. The van der Waals surface area contributed by atoms with E-state index in [0.717, 1.165) is 12.8 Å². The van der Waals surface area contributed by atoms with Gasteiger partial charge in [0.15, 0.2) is 18.4 Å². The zero-order chi connectivity index (χ0) is 38.5. The Hall–Kier alpha value is -1.26. The molecule has 3 rings (SSSR count). The van der Waals surface area contributed by atoms with Crippen molar-refractivity contribution in [2.24, 2.45) is 17.8 Å². The minimum atomic E-state index is -1.12. The van der Waals surface area contributed by atoms with Crippen LogP contribution >= 0.6 is 0 Å². The van der Waals surface area contributed by atoms with Crippen LogP contribution in [-0.4, -0.2) is 138 Å². The predicted molar refractivity (Wildman–Crippen MR) is 191 cm³/mol. The van der Waals surface area contributed by atoms with Crippen molar-refractivity contribution in [3.8, 4) is 0 Å². The molecule has 0 amide bonds. The van der Waals surface area contributed by atoms with E-state index >= 15 is 0 Å². The largest absolute Gasteiger partial charge is 0.463 e. The van der Waals surface area contributed by atoms with Crippen molar-refractivity contribution in [2.45, 2.75) is 162 Å². The number of carbonyl (C=O) groups is 2. The number of carbonyl (C=O) groups excluding carboxylic acids is 2. The lowest BCUT2D eigenvalue weighted by Gasteiger charge is -2.34. The molecule has 9 unspecified atom stereocenters. The van der Waals surface area contributed by atoms with Crippen LogP contribution in [-0.2, 0) is 28.5 Å². The highest BCUT2D eigenvalue weighted by Gasteiger charge is 2.31. The van der Waals surface area contributed by atoms with Gasteiger partial charge < -0.3 is 54.7 Å². The van der Waals surface area contributed by atoms with Gasteiger partial charge in [0.05, 0.1) is 23.7 Å². The molecular formula is C36H74N2O11. The Labute approximate surface area is 297 Å². The maximum absolute atomic E-state index is 12.1. The van der Waals surface area contributed by atoms with Crippen LogP contribution in [0.1, 0.15) is 108 Å². The van der Waals surface area contributed by atoms with E-state index in [2.05, 4.69) is 21.9 Å². The van der Waals surface area contributed by atoms with Crippen molar-refractivity contribution in [3.63, 3.8) is 0 Å². The second kappa shape index (κ2) is 26.5. The summed E-state index contributed by atoms with van der Waals surface area (Å²) in [4.78, 5) is 25.0. The highest BCUT2D eigenvalue weighted by Crippen LogP contribution is 2.28. The molecule has 0 aromatic heterocycles. The third-order valence-electron chi connectivity index (χ3n) is 8.50. The molecular weight excluding hydrogens is 636 g/mol. The van der Waals surface area contributed by atoms with Crippen molar-refractivity contribution in [1.82, 2.24) is 10.2 Å². The van der Waals surface area contributed by atoms with E-state index in [1.807, 2.05) is 62.6 Å². The zero-order valence-corrected chi connectivity index (χ0v) is 32.8. The summed E-state index contributed by atoms with van der Waals surface area (Å²) in [6.45, 7) is 19.9. The van der Waals surface area contributed by atoms with Gasteiger partial charge in [0, 0.05) is 32.0 Å². The van der Waals surface area contributed by atoms with Gasteiger partial charge in [0.1, 0.15) is 25.4 Å². The first-order valence-electron chi connectivity index (χ1n) is 18.2. The van der Waals surface area contributed by atoms with Gasteiger partial charge in [0.2, 0.25) is 0 Å². The number of hydrogen-bond donors (Lipinski definition) is 6. The van der Waals surface area contributed by atoms with Gasteiger partial charge in [-0.2, -0.15) is 0 Å². The van der Waals surface area contributed by atoms with Crippen molar-refractivity contribution >= 4 is 11.8 Å². The lowest BCUT2D eigenvalue weighted by atomic mass is 9.82. The molecule has 13 nitrogen and oxygen atoms in total. The molecule has 13 heteroatoms. The van der Waals surface area contributed by atoms with Crippen LogP contribution in [0.15, 0.2) is 0 Å². The second-order valence-electron chi connectivity index (χ2n) is 13.8. The number of nitrogens with zero attached hydrogens (tertiary/aromatic N) is 1. The standard InChI is InChI=1S/C18H35NO5.C8H17NO2.C6H10O4.2C2H6/c1-11-6-13(3)17(22)24-10-15(20)16(21)14(4)19-9-12(2)8-18(5,23)7-11;1-6-4-7(9(2)3)5-8(10)11-6;1-9-5-2-6(8)10-3-4(5)7;2*1-2/h11-16,19-21,23H,6-10H2,1-5H3;6-8,10H,4-5H2,1-3H3;5-6,8H,2-3H2,1H3;2*1-2H3/t11-,12+,13?,14?,15?,16?,18-;;;;/m0..../s1. The Kier molecular flexibility index (Phi) is 27.0. The van der Waals surface area contributed by atoms with Crippen LogP contribution in [0.2, 0.25) is 0 Å². The molecule has 0 spiro atoms. The average molecular weight is 711 g/mol. The van der Waals surface area contributed by atoms with Crippen molar-refractivity contribution in [1.29, 1.82) is 0 Å². The molecule has 3 saturated heterocycles. The average Bonchev–Trinajstić information content (AvgIpc) is 3.04. The Morgan fingerprint density at radius 3 is 1.94 bits per heavy atom. The minimum Gasteiger partial charge on any atom is -0.463 e. The number of ether oxygens (including phenoxy) is 4. The van der Waals surface area contributed by atoms with Gasteiger partial charge >= 0.3 is 5.97 Å². The first kappa shape index (κ1) is 49.9. The van der Waals surface area contributed by atoms with Crippen LogP contribution < -0.4 is 5.32 Å². The number of nitrogens with one attached hydrogen (secondary N) is 1. The van der Waals surface area contributed by atoms with Gasteiger partial charge in [-0.25, -0.2) is 0 Å². The monoisotopic (exact) mass is 711 g/mol. The van der Waals surface area contributed by atoms with E-state index in [1.165, 1.54) is 7.11 Å². The number of cyclic esters (lactones) is 1. The number of hydrogen-bond acceptors (Lipinski definition) is 13. The summed E-state index contributed by atoms with van der Waals surface area (Å²) in [6, 6.07) is 0.126. The molecule has 0 aromatic rings. The Morgan fingerprint density at radius 2 is 1.43 bits per heavy atom. The second-order valence-corrected chi connectivity index (χ2v) is 13.8. The lowest BCUT2D eigenvalue weighted by molar-refractivity contribution is -0.174. The van der Waals surface area contributed by atoms with E-state index < -0.39 is 36.5 Å².